The predicted octanol–water partition coefficient (Wildman–Crippen LogP) is 6.43. The standard InChI is InChI=1S/C29H30N2O3/c1-20(2)25-14-13-21(3)17-28(25)34-16-15-33-27-12-8-6-10-23(27)18-24(19-30)29(32)31-26-11-7-5-9-22(26)4/h5-14,17-18,20H,15-16H2,1-4H3,(H,31,32)/b24-18+. The number of ether oxygens (including phenoxy) is 2. The minimum Gasteiger partial charge on any atom is -0.490 e. The summed E-state index contributed by atoms with van der Waals surface area (Å²) in [6.45, 7) is 8.92. The van der Waals surface area contributed by atoms with Crippen molar-refractivity contribution in [1.82, 2.24) is 0 Å². The number of hydrogen-bond acceptors (Lipinski definition) is 4. The summed E-state index contributed by atoms with van der Waals surface area (Å²) in [6.07, 6.45) is 1.54. The second kappa shape index (κ2) is 11.7. The fraction of sp³-hybridized carbons (Fsp3) is 0.241. The molecule has 174 valence electrons. The van der Waals surface area contributed by atoms with Crippen molar-refractivity contribution in [3.63, 3.8) is 0 Å². The van der Waals surface area contributed by atoms with E-state index in [1.54, 1.807) is 12.1 Å². The number of hydrogen-bond donors (Lipinski definition) is 1. The van der Waals surface area contributed by atoms with Crippen LogP contribution in [0.2, 0.25) is 0 Å². The molecule has 0 saturated carbocycles. The fourth-order valence-electron chi connectivity index (χ4n) is 3.48. The van der Waals surface area contributed by atoms with E-state index in [2.05, 4.69) is 31.3 Å². The molecule has 3 aromatic carbocycles. The number of aryl methyl sites for hydroxylation is 2. The van der Waals surface area contributed by atoms with E-state index in [-0.39, 0.29) is 5.57 Å². The molecule has 0 bridgehead atoms. The van der Waals surface area contributed by atoms with Gasteiger partial charge in [-0.25, -0.2) is 0 Å². The topological polar surface area (TPSA) is 71.3 Å². The van der Waals surface area contributed by atoms with Crippen LogP contribution in [0.15, 0.2) is 72.3 Å². The van der Waals surface area contributed by atoms with Crippen LogP contribution in [0.3, 0.4) is 0 Å². The molecule has 0 fully saturated rings. The summed E-state index contributed by atoms with van der Waals surface area (Å²) in [4.78, 5) is 12.7. The average molecular weight is 455 g/mol. The van der Waals surface area contributed by atoms with Crippen molar-refractivity contribution in [2.24, 2.45) is 0 Å². The Hall–Kier alpha value is -4.04. The molecule has 0 unspecified atom stereocenters. The van der Waals surface area contributed by atoms with Crippen molar-refractivity contribution in [2.75, 3.05) is 18.5 Å². The van der Waals surface area contributed by atoms with Gasteiger partial charge < -0.3 is 14.8 Å². The summed E-state index contributed by atoms with van der Waals surface area (Å²) < 4.78 is 11.9. The van der Waals surface area contributed by atoms with Crippen LogP contribution in [0.25, 0.3) is 6.08 Å². The number of carbonyl (C=O) groups excluding carboxylic acids is 1. The van der Waals surface area contributed by atoms with E-state index >= 15 is 0 Å². The maximum atomic E-state index is 12.7. The molecule has 1 amide bonds. The minimum absolute atomic E-state index is 0.00288. The third-order valence-electron chi connectivity index (χ3n) is 5.37. The Morgan fingerprint density at radius 1 is 0.971 bits per heavy atom. The molecule has 34 heavy (non-hydrogen) atoms. The lowest BCUT2D eigenvalue weighted by molar-refractivity contribution is -0.112. The van der Waals surface area contributed by atoms with Gasteiger partial charge in [-0.15, -0.1) is 0 Å². The summed E-state index contributed by atoms with van der Waals surface area (Å²) in [5, 5.41) is 12.4. The van der Waals surface area contributed by atoms with Crippen LogP contribution in [0.1, 0.15) is 42.0 Å². The SMILES string of the molecule is Cc1ccc(C(C)C)c(OCCOc2ccccc2/C=C(\C#N)C(=O)Nc2ccccc2C)c1. The molecular formula is C29H30N2O3. The Labute approximate surface area is 201 Å². The maximum Gasteiger partial charge on any atom is 0.266 e. The van der Waals surface area contributed by atoms with Gasteiger partial charge in [-0.2, -0.15) is 5.26 Å². The molecule has 0 aliphatic carbocycles. The number of amides is 1. The number of benzene rings is 3. The van der Waals surface area contributed by atoms with Crippen LogP contribution in [-0.4, -0.2) is 19.1 Å². The number of nitrogens with zero attached hydrogens (tertiary/aromatic N) is 1. The zero-order chi connectivity index (χ0) is 24.5. The molecule has 5 heteroatoms. The lowest BCUT2D eigenvalue weighted by Crippen LogP contribution is -2.14. The van der Waals surface area contributed by atoms with E-state index in [4.69, 9.17) is 9.47 Å². The number of carbonyl (C=O) groups is 1. The third-order valence-corrected chi connectivity index (χ3v) is 5.37. The van der Waals surface area contributed by atoms with Crippen molar-refractivity contribution >= 4 is 17.7 Å². The molecule has 0 aromatic heterocycles. The quantitative estimate of drug-likeness (QED) is 0.230. The highest BCUT2D eigenvalue weighted by molar-refractivity contribution is 6.10. The van der Waals surface area contributed by atoms with E-state index in [0.717, 1.165) is 22.4 Å². The van der Waals surface area contributed by atoms with E-state index in [0.29, 0.717) is 36.1 Å². The Morgan fingerprint density at radius 3 is 2.35 bits per heavy atom. The van der Waals surface area contributed by atoms with Crippen LogP contribution in [0.4, 0.5) is 5.69 Å². The summed E-state index contributed by atoms with van der Waals surface area (Å²) in [5.74, 6) is 1.34. The highest BCUT2D eigenvalue weighted by atomic mass is 16.5. The molecule has 1 N–H and O–H groups in total. The summed E-state index contributed by atoms with van der Waals surface area (Å²) in [6, 6.07) is 23.0. The van der Waals surface area contributed by atoms with E-state index < -0.39 is 5.91 Å². The molecule has 0 saturated heterocycles. The van der Waals surface area contributed by atoms with E-state index in [1.807, 2.05) is 68.4 Å². The first-order chi connectivity index (χ1) is 16.4. The van der Waals surface area contributed by atoms with Crippen LogP contribution < -0.4 is 14.8 Å². The highest BCUT2D eigenvalue weighted by Crippen LogP contribution is 2.28. The number of nitrogens with one attached hydrogen (secondary N) is 1. The molecule has 0 radical (unpaired) electrons. The zero-order valence-electron chi connectivity index (χ0n) is 20.1. The van der Waals surface area contributed by atoms with Gasteiger partial charge in [-0.05, 0) is 60.7 Å². The molecular weight excluding hydrogens is 424 g/mol. The lowest BCUT2D eigenvalue weighted by Gasteiger charge is -2.15. The molecule has 3 rings (SSSR count). The summed E-state index contributed by atoms with van der Waals surface area (Å²) in [7, 11) is 0. The lowest BCUT2D eigenvalue weighted by atomic mass is 10.0. The molecule has 0 spiro atoms. The van der Waals surface area contributed by atoms with E-state index in [9.17, 15) is 10.1 Å². The summed E-state index contributed by atoms with van der Waals surface area (Å²) in [5.41, 5.74) is 4.55. The zero-order valence-corrected chi connectivity index (χ0v) is 20.1. The maximum absolute atomic E-state index is 12.7. The fourth-order valence-corrected chi connectivity index (χ4v) is 3.48. The van der Waals surface area contributed by atoms with Gasteiger partial charge in [-0.3, -0.25) is 4.79 Å². The van der Waals surface area contributed by atoms with Crippen molar-refractivity contribution in [3.05, 3.63) is 94.6 Å². The van der Waals surface area contributed by atoms with Crippen molar-refractivity contribution < 1.29 is 14.3 Å². The molecule has 5 nitrogen and oxygen atoms in total. The van der Waals surface area contributed by atoms with Gasteiger partial charge in [0.05, 0.1) is 0 Å². The van der Waals surface area contributed by atoms with Crippen molar-refractivity contribution in [1.29, 1.82) is 5.26 Å². The van der Waals surface area contributed by atoms with Gasteiger partial charge in [0, 0.05) is 11.3 Å². The third kappa shape index (κ3) is 6.49. The Kier molecular flexibility index (Phi) is 8.48. The van der Waals surface area contributed by atoms with Crippen LogP contribution in [0.5, 0.6) is 11.5 Å². The smallest absolute Gasteiger partial charge is 0.266 e. The molecule has 0 atom stereocenters. The Bertz CT molecular complexity index is 1220. The monoisotopic (exact) mass is 454 g/mol. The van der Waals surface area contributed by atoms with Crippen molar-refractivity contribution in [2.45, 2.75) is 33.6 Å². The molecule has 0 aliphatic rings. The largest absolute Gasteiger partial charge is 0.490 e. The Balaban J connectivity index is 1.68. The first-order valence-corrected chi connectivity index (χ1v) is 11.3. The second-order valence-electron chi connectivity index (χ2n) is 8.37. The number of para-hydroxylation sites is 2. The van der Waals surface area contributed by atoms with Crippen LogP contribution >= 0.6 is 0 Å². The molecule has 0 aliphatic heterocycles. The number of anilines is 1. The van der Waals surface area contributed by atoms with Gasteiger partial charge in [0.25, 0.3) is 5.91 Å². The van der Waals surface area contributed by atoms with Crippen LogP contribution in [0, 0.1) is 25.2 Å². The van der Waals surface area contributed by atoms with Gasteiger partial charge in [-0.1, -0.05) is 62.4 Å². The molecule has 3 aromatic rings. The van der Waals surface area contributed by atoms with Gasteiger partial charge in [0.15, 0.2) is 0 Å². The molecule has 0 heterocycles. The van der Waals surface area contributed by atoms with Crippen LogP contribution in [-0.2, 0) is 4.79 Å². The normalized spacial score (nSPS) is 11.1. The van der Waals surface area contributed by atoms with Crippen molar-refractivity contribution in [3.8, 4) is 17.6 Å². The van der Waals surface area contributed by atoms with Gasteiger partial charge in [0.1, 0.15) is 36.4 Å². The first kappa shape index (κ1) is 24.6. The average Bonchev–Trinajstić information content (AvgIpc) is 2.82. The summed E-state index contributed by atoms with van der Waals surface area (Å²) >= 11 is 0. The first-order valence-electron chi connectivity index (χ1n) is 11.3. The number of rotatable bonds is 9. The van der Waals surface area contributed by atoms with E-state index in [1.165, 1.54) is 0 Å². The minimum atomic E-state index is -0.462. The Morgan fingerprint density at radius 2 is 1.65 bits per heavy atom. The second-order valence-corrected chi connectivity index (χ2v) is 8.37. The predicted molar refractivity (Wildman–Crippen MR) is 136 cm³/mol. The number of nitriles is 1. The highest BCUT2D eigenvalue weighted by Gasteiger charge is 2.13. The van der Waals surface area contributed by atoms with Gasteiger partial charge in [0.2, 0.25) is 0 Å². The van der Waals surface area contributed by atoms with Gasteiger partial charge >= 0.3 is 0 Å².